The van der Waals surface area contributed by atoms with Crippen molar-refractivity contribution in [1.29, 1.82) is 0 Å². The standard InChI is InChI=1S/C13H22N4O/c1-5-10(6-2)9(3)17-13(18)11-7-16-12(14-4)8-15-11/h7-10H,5-6H2,1-4H3,(H,14,16)(H,17,18). The minimum atomic E-state index is -0.162. The topological polar surface area (TPSA) is 66.9 Å². The predicted molar refractivity (Wildman–Crippen MR) is 72.6 cm³/mol. The molecule has 5 heteroatoms. The Hall–Kier alpha value is -1.65. The summed E-state index contributed by atoms with van der Waals surface area (Å²) in [6.07, 6.45) is 5.15. The molecular formula is C13H22N4O. The predicted octanol–water partition coefficient (Wildman–Crippen LogP) is 2.07. The summed E-state index contributed by atoms with van der Waals surface area (Å²) >= 11 is 0. The average Bonchev–Trinajstić information content (AvgIpc) is 2.40. The van der Waals surface area contributed by atoms with Gasteiger partial charge in [-0.3, -0.25) is 4.79 Å². The Morgan fingerprint density at radius 2 is 1.94 bits per heavy atom. The summed E-state index contributed by atoms with van der Waals surface area (Å²) in [6.45, 7) is 6.31. The van der Waals surface area contributed by atoms with Gasteiger partial charge in [0.25, 0.3) is 5.91 Å². The van der Waals surface area contributed by atoms with E-state index < -0.39 is 0 Å². The van der Waals surface area contributed by atoms with Crippen LogP contribution in [-0.4, -0.2) is 29.0 Å². The van der Waals surface area contributed by atoms with Crippen LogP contribution in [0.4, 0.5) is 5.82 Å². The second kappa shape index (κ2) is 6.93. The molecule has 1 unspecified atom stereocenters. The SMILES string of the molecule is CCC(CC)C(C)NC(=O)c1cnc(NC)cn1. The first-order chi connectivity index (χ1) is 8.62. The monoisotopic (exact) mass is 250 g/mol. The third kappa shape index (κ3) is 3.68. The molecule has 0 radical (unpaired) electrons. The molecule has 18 heavy (non-hydrogen) atoms. The van der Waals surface area contributed by atoms with Gasteiger partial charge >= 0.3 is 0 Å². The fraction of sp³-hybridized carbons (Fsp3) is 0.615. The lowest BCUT2D eigenvalue weighted by Crippen LogP contribution is -2.38. The Kier molecular flexibility index (Phi) is 5.55. The van der Waals surface area contributed by atoms with Gasteiger partial charge in [-0.1, -0.05) is 26.7 Å². The van der Waals surface area contributed by atoms with Crippen molar-refractivity contribution in [1.82, 2.24) is 15.3 Å². The number of hydrogen-bond acceptors (Lipinski definition) is 4. The van der Waals surface area contributed by atoms with Crippen molar-refractivity contribution >= 4 is 11.7 Å². The van der Waals surface area contributed by atoms with Gasteiger partial charge in [0.1, 0.15) is 11.5 Å². The first kappa shape index (κ1) is 14.4. The van der Waals surface area contributed by atoms with E-state index in [1.807, 2.05) is 6.92 Å². The number of amides is 1. The molecule has 0 saturated carbocycles. The van der Waals surface area contributed by atoms with Crippen LogP contribution < -0.4 is 10.6 Å². The maximum atomic E-state index is 12.0. The maximum Gasteiger partial charge on any atom is 0.271 e. The first-order valence-electron chi connectivity index (χ1n) is 6.43. The molecule has 0 saturated heterocycles. The molecule has 0 aliphatic rings. The second-order valence-corrected chi connectivity index (χ2v) is 4.38. The van der Waals surface area contributed by atoms with Crippen LogP contribution in [0.5, 0.6) is 0 Å². The van der Waals surface area contributed by atoms with E-state index >= 15 is 0 Å². The molecule has 0 aliphatic carbocycles. The van der Waals surface area contributed by atoms with Crippen molar-refractivity contribution in [3.05, 3.63) is 18.1 Å². The fourth-order valence-corrected chi connectivity index (χ4v) is 1.97. The molecule has 1 rings (SSSR count). The molecule has 0 aromatic carbocycles. The van der Waals surface area contributed by atoms with Gasteiger partial charge in [0.05, 0.1) is 12.4 Å². The van der Waals surface area contributed by atoms with E-state index in [2.05, 4.69) is 34.4 Å². The molecule has 1 aromatic rings. The highest BCUT2D eigenvalue weighted by Crippen LogP contribution is 2.13. The Balaban J connectivity index is 2.64. The number of aromatic nitrogens is 2. The third-order valence-corrected chi connectivity index (χ3v) is 3.26. The zero-order valence-electron chi connectivity index (χ0n) is 11.5. The van der Waals surface area contributed by atoms with Crippen LogP contribution in [0.3, 0.4) is 0 Å². The molecule has 1 atom stereocenters. The molecule has 0 bridgehead atoms. The third-order valence-electron chi connectivity index (χ3n) is 3.26. The quantitative estimate of drug-likeness (QED) is 0.811. The number of carbonyl (C=O) groups is 1. The minimum Gasteiger partial charge on any atom is -0.372 e. The smallest absolute Gasteiger partial charge is 0.271 e. The van der Waals surface area contributed by atoms with E-state index in [4.69, 9.17) is 0 Å². The molecule has 0 fully saturated rings. The second-order valence-electron chi connectivity index (χ2n) is 4.38. The molecule has 1 amide bonds. The molecule has 0 spiro atoms. The summed E-state index contributed by atoms with van der Waals surface area (Å²) in [7, 11) is 1.76. The molecular weight excluding hydrogens is 228 g/mol. The van der Waals surface area contributed by atoms with Crippen LogP contribution in [0.2, 0.25) is 0 Å². The normalized spacial score (nSPS) is 12.3. The number of rotatable bonds is 6. The van der Waals surface area contributed by atoms with Crippen molar-refractivity contribution in [2.45, 2.75) is 39.7 Å². The van der Waals surface area contributed by atoms with Crippen LogP contribution in [0.15, 0.2) is 12.4 Å². The van der Waals surface area contributed by atoms with Gasteiger partial charge in [-0.2, -0.15) is 0 Å². The molecule has 0 aliphatic heterocycles. The van der Waals surface area contributed by atoms with Crippen molar-refractivity contribution in [3.8, 4) is 0 Å². The van der Waals surface area contributed by atoms with E-state index in [-0.39, 0.29) is 11.9 Å². The van der Waals surface area contributed by atoms with E-state index in [1.165, 1.54) is 6.20 Å². The van der Waals surface area contributed by atoms with Gasteiger partial charge < -0.3 is 10.6 Å². The van der Waals surface area contributed by atoms with Crippen molar-refractivity contribution in [2.24, 2.45) is 5.92 Å². The highest BCUT2D eigenvalue weighted by molar-refractivity contribution is 5.92. The average molecular weight is 250 g/mol. The van der Waals surface area contributed by atoms with E-state index in [9.17, 15) is 4.79 Å². The van der Waals surface area contributed by atoms with Crippen molar-refractivity contribution in [2.75, 3.05) is 12.4 Å². The first-order valence-corrected chi connectivity index (χ1v) is 6.43. The molecule has 5 nitrogen and oxygen atoms in total. The van der Waals surface area contributed by atoms with Crippen LogP contribution in [0.25, 0.3) is 0 Å². The maximum absolute atomic E-state index is 12.0. The lowest BCUT2D eigenvalue weighted by atomic mass is 9.95. The van der Waals surface area contributed by atoms with Crippen LogP contribution in [0, 0.1) is 5.92 Å². The van der Waals surface area contributed by atoms with Crippen LogP contribution >= 0.6 is 0 Å². The summed E-state index contributed by atoms with van der Waals surface area (Å²) in [5.74, 6) is 0.989. The van der Waals surface area contributed by atoms with E-state index in [1.54, 1.807) is 13.2 Å². The lowest BCUT2D eigenvalue weighted by molar-refractivity contribution is 0.0919. The van der Waals surface area contributed by atoms with Gasteiger partial charge in [0, 0.05) is 13.1 Å². The summed E-state index contributed by atoms with van der Waals surface area (Å²) < 4.78 is 0. The number of carbonyl (C=O) groups excluding carboxylic acids is 1. The Morgan fingerprint density at radius 3 is 2.39 bits per heavy atom. The zero-order chi connectivity index (χ0) is 13.5. The molecule has 1 aromatic heterocycles. The van der Waals surface area contributed by atoms with Crippen LogP contribution in [-0.2, 0) is 0 Å². The van der Waals surface area contributed by atoms with Gasteiger partial charge in [0.15, 0.2) is 0 Å². The van der Waals surface area contributed by atoms with Crippen molar-refractivity contribution in [3.63, 3.8) is 0 Å². The van der Waals surface area contributed by atoms with Gasteiger partial charge in [-0.15, -0.1) is 0 Å². The fourth-order valence-electron chi connectivity index (χ4n) is 1.97. The van der Waals surface area contributed by atoms with E-state index in [0.29, 0.717) is 17.4 Å². The largest absolute Gasteiger partial charge is 0.372 e. The molecule has 2 N–H and O–H groups in total. The summed E-state index contributed by atoms with van der Waals surface area (Å²) in [6, 6.07) is 0.151. The zero-order valence-corrected chi connectivity index (χ0v) is 11.5. The highest BCUT2D eigenvalue weighted by Gasteiger charge is 2.17. The molecule has 1 heterocycles. The summed E-state index contributed by atoms with van der Waals surface area (Å²) in [5.41, 5.74) is 0.354. The Bertz CT molecular complexity index is 373. The molecule has 100 valence electrons. The van der Waals surface area contributed by atoms with Gasteiger partial charge in [-0.05, 0) is 12.8 Å². The van der Waals surface area contributed by atoms with Crippen LogP contribution in [0.1, 0.15) is 44.1 Å². The van der Waals surface area contributed by atoms with E-state index in [0.717, 1.165) is 12.8 Å². The van der Waals surface area contributed by atoms with Gasteiger partial charge in [0.2, 0.25) is 0 Å². The Labute approximate surface area is 108 Å². The minimum absolute atomic E-state index is 0.151. The summed E-state index contributed by atoms with van der Waals surface area (Å²) in [5, 5.41) is 5.84. The number of hydrogen-bond donors (Lipinski definition) is 2. The highest BCUT2D eigenvalue weighted by atomic mass is 16.1. The number of nitrogens with zero attached hydrogens (tertiary/aromatic N) is 2. The Morgan fingerprint density at radius 1 is 1.28 bits per heavy atom. The van der Waals surface area contributed by atoms with Gasteiger partial charge in [-0.25, -0.2) is 9.97 Å². The van der Waals surface area contributed by atoms with Crippen molar-refractivity contribution < 1.29 is 4.79 Å². The number of anilines is 1. The summed E-state index contributed by atoms with van der Waals surface area (Å²) in [4.78, 5) is 20.1. The number of nitrogens with one attached hydrogen (secondary N) is 2. The lowest BCUT2D eigenvalue weighted by Gasteiger charge is -2.22.